The van der Waals surface area contributed by atoms with E-state index in [1.165, 1.54) is 27.4 Å². The number of thioether (sulfide) groups is 1. The van der Waals surface area contributed by atoms with E-state index in [1.54, 1.807) is 31.2 Å². The molecule has 3 aromatic carbocycles. The molecule has 37 heavy (non-hydrogen) atoms. The van der Waals surface area contributed by atoms with Crippen molar-refractivity contribution in [1.82, 2.24) is 10.2 Å². The number of nitriles is 1. The van der Waals surface area contributed by atoms with E-state index in [0.717, 1.165) is 5.56 Å². The highest BCUT2D eigenvalue weighted by molar-refractivity contribution is 8.00. The van der Waals surface area contributed by atoms with Crippen molar-refractivity contribution < 1.29 is 19.5 Å². The van der Waals surface area contributed by atoms with E-state index in [1.807, 2.05) is 30.3 Å². The van der Waals surface area contributed by atoms with E-state index >= 15 is 0 Å². The highest BCUT2D eigenvalue weighted by Gasteiger charge is 2.53. The van der Waals surface area contributed by atoms with E-state index in [2.05, 4.69) is 29.6 Å². The molecule has 3 aromatic rings. The summed E-state index contributed by atoms with van der Waals surface area (Å²) in [4.78, 5) is 37.2. The third-order valence-electron chi connectivity index (χ3n) is 6.25. The summed E-state index contributed by atoms with van der Waals surface area (Å²) in [5.74, 6) is -1.50. The van der Waals surface area contributed by atoms with Gasteiger partial charge in [-0.15, -0.1) is 11.8 Å². The van der Waals surface area contributed by atoms with Gasteiger partial charge in [-0.2, -0.15) is 5.26 Å². The lowest BCUT2D eigenvalue weighted by atomic mass is 10.0. The molecular formula is C28H26N4O4S. The second-order valence-corrected chi connectivity index (χ2v) is 9.80. The Morgan fingerprint density at radius 1 is 1.14 bits per heavy atom. The minimum Gasteiger partial charge on any atom is -0.477 e. The number of hydrogen-bond acceptors (Lipinski definition) is 6. The van der Waals surface area contributed by atoms with E-state index in [-0.39, 0.29) is 5.70 Å². The maximum Gasteiger partial charge on any atom is 0.352 e. The van der Waals surface area contributed by atoms with Crippen LogP contribution < -0.4 is 11.1 Å². The standard InChI is InChI=1S/C16H17N3O4S.C12H9N/c1-8-7-24-15-11(14(21)19(15)12(8)16(22)23)18-13(20)10(17)9-5-3-2-4-6-9;13-9-8-11-6-3-5-10-4-1-2-7-12(10)11/h2-6,10-11,15H,7,17H2,1H3,(H,18,20)(H,22,23);1-7H,8H2/t10-,11-,15-;/m1./s1. The Kier molecular flexibility index (Phi) is 7.92. The number of carboxylic acid groups (broad SMARTS) is 1. The number of nitrogens with zero attached hydrogens (tertiary/aromatic N) is 2. The molecule has 2 amide bonds. The lowest BCUT2D eigenvalue weighted by Gasteiger charge is -2.49. The van der Waals surface area contributed by atoms with Gasteiger partial charge in [0, 0.05) is 5.75 Å². The minimum absolute atomic E-state index is 0.0154. The van der Waals surface area contributed by atoms with Gasteiger partial charge in [0.05, 0.1) is 12.5 Å². The van der Waals surface area contributed by atoms with Crippen LogP contribution in [0.4, 0.5) is 0 Å². The zero-order chi connectivity index (χ0) is 26.5. The quantitative estimate of drug-likeness (QED) is 0.444. The Morgan fingerprint density at radius 3 is 2.51 bits per heavy atom. The first-order valence-corrected chi connectivity index (χ1v) is 12.7. The topological polar surface area (TPSA) is 137 Å². The molecule has 0 bridgehead atoms. The van der Waals surface area contributed by atoms with E-state index in [4.69, 9.17) is 11.0 Å². The highest BCUT2D eigenvalue weighted by atomic mass is 32.2. The summed E-state index contributed by atoms with van der Waals surface area (Å²) in [6.45, 7) is 1.69. The van der Waals surface area contributed by atoms with E-state index < -0.39 is 35.2 Å². The largest absolute Gasteiger partial charge is 0.477 e. The van der Waals surface area contributed by atoms with Crippen LogP contribution in [0.25, 0.3) is 10.8 Å². The van der Waals surface area contributed by atoms with Crippen LogP contribution >= 0.6 is 11.8 Å². The van der Waals surface area contributed by atoms with Crippen LogP contribution in [0.3, 0.4) is 0 Å². The first-order chi connectivity index (χ1) is 17.8. The van der Waals surface area contributed by atoms with Crippen LogP contribution in [0.1, 0.15) is 24.1 Å². The monoisotopic (exact) mass is 514 g/mol. The minimum atomic E-state index is -1.13. The summed E-state index contributed by atoms with van der Waals surface area (Å²) in [6, 6.07) is 23.6. The zero-order valence-corrected chi connectivity index (χ0v) is 20.9. The van der Waals surface area contributed by atoms with Crippen molar-refractivity contribution in [2.75, 3.05) is 5.75 Å². The van der Waals surface area contributed by atoms with Gasteiger partial charge in [-0.3, -0.25) is 14.5 Å². The molecule has 1 fully saturated rings. The number of aliphatic carboxylic acids is 1. The molecule has 2 aliphatic rings. The lowest BCUT2D eigenvalue weighted by molar-refractivity contribution is -0.150. The third-order valence-corrected chi connectivity index (χ3v) is 7.67. The van der Waals surface area contributed by atoms with Crippen molar-refractivity contribution >= 4 is 40.3 Å². The first kappa shape index (κ1) is 25.9. The molecule has 2 heterocycles. The third kappa shape index (κ3) is 5.35. The number of carboxylic acids is 1. The predicted octanol–water partition coefficient (Wildman–Crippen LogP) is 3.35. The van der Waals surface area contributed by atoms with Crippen LogP contribution in [0.2, 0.25) is 0 Å². The van der Waals surface area contributed by atoms with Crippen molar-refractivity contribution in [3.05, 3.63) is 95.2 Å². The Labute approximate surface area is 218 Å². The molecule has 2 aliphatic heterocycles. The zero-order valence-electron chi connectivity index (χ0n) is 20.1. The molecule has 9 heteroatoms. The van der Waals surface area contributed by atoms with Gasteiger partial charge < -0.3 is 16.2 Å². The molecule has 3 atom stereocenters. The summed E-state index contributed by atoms with van der Waals surface area (Å²) in [5.41, 5.74) is 8.35. The molecule has 1 saturated heterocycles. The summed E-state index contributed by atoms with van der Waals surface area (Å²) in [6.07, 6.45) is 0.487. The predicted molar refractivity (Wildman–Crippen MR) is 142 cm³/mol. The van der Waals surface area contributed by atoms with Crippen LogP contribution in [-0.4, -0.2) is 45.0 Å². The number of carbonyl (C=O) groups is 3. The molecule has 8 nitrogen and oxygen atoms in total. The van der Waals surface area contributed by atoms with Gasteiger partial charge >= 0.3 is 5.97 Å². The first-order valence-electron chi connectivity index (χ1n) is 11.7. The fourth-order valence-corrected chi connectivity index (χ4v) is 5.65. The molecule has 5 rings (SSSR count). The van der Waals surface area contributed by atoms with Crippen molar-refractivity contribution in [3.8, 4) is 6.07 Å². The molecule has 0 unspecified atom stereocenters. The van der Waals surface area contributed by atoms with Gasteiger partial charge in [0.2, 0.25) is 5.91 Å². The molecule has 4 N–H and O–H groups in total. The highest BCUT2D eigenvalue weighted by Crippen LogP contribution is 2.40. The van der Waals surface area contributed by atoms with Crippen molar-refractivity contribution in [3.63, 3.8) is 0 Å². The Bertz CT molecular complexity index is 1410. The number of carbonyl (C=O) groups excluding carboxylic acids is 2. The fraction of sp³-hybridized carbons (Fsp3) is 0.214. The number of hydrogen-bond donors (Lipinski definition) is 3. The summed E-state index contributed by atoms with van der Waals surface area (Å²) in [7, 11) is 0. The molecule has 0 radical (unpaired) electrons. The van der Waals surface area contributed by atoms with Crippen LogP contribution in [0, 0.1) is 11.3 Å². The molecule has 0 aliphatic carbocycles. The average molecular weight is 515 g/mol. The number of nitrogens with two attached hydrogens (primary N) is 1. The maximum atomic E-state index is 12.3. The SMILES string of the molecule is CC1=C(C(=O)O)N2C(=O)[C@@H](NC(=O)[C@H](N)c3ccccc3)[C@H]2SC1.N#CCc1cccc2ccccc12. The maximum absolute atomic E-state index is 12.3. The number of β-lactam (4-membered cyclic amide) rings is 1. The molecule has 0 saturated carbocycles. The van der Waals surface area contributed by atoms with Gasteiger partial charge in [-0.1, -0.05) is 72.8 Å². The summed E-state index contributed by atoms with van der Waals surface area (Å²) in [5, 5.41) is 22.5. The molecular weight excluding hydrogens is 488 g/mol. The van der Waals surface area contributed by atoms with E-state index in [9.17, 15) is 19.5 Å². The smallest absolute Gasteiger partial charge is 0.352 e. The Hall–Kier alpha value is -4.13. The van der Waals surface area contributed by atoms with Crippen LogP contribution in [0.15, 0.2) is 84.1 Å². The lowest BCUT2D eigenvalue weighted by Crippen LogP contribution is -2.71. The second kappa shape index (κ2) is 11.3. The number of benzene rings is 3. The summed E-state index contributed by atoms with van der Waals surface area (Å²) < 4.78 is 0. The Morgan fingerprint density at radius 2 is 1.81 bits per heavy atom. The number of fused-ring (bicyclic) bond motifs is 2. The second-order valence-electron chi connectivity index (χ2n) is 8.69. The van der Waals surface area contributed by atoms with E-state index in [0.29, 0.717) is 23.3 Å². The van der Waals surface area contributed by atoms with Crippen LogP contribution in [0.5, 0.6) is 0 Å². The van der Waals surface area contributed by atoms with Gasteiger partial charge in [0.15, 0.2) is 0 Å². The summed E-state index contributed by atoms with van der Waals surface area (Å²) >= 11 is 1.43. The van der Waals surface area contributed by atoms with Crippen LogP contribution in [-0.2, 0) is 20.8 Å². The number of nitrogens with one attached hydrogen (secondary N) is 1. The molecule has 188 valence electrons. The number of rotatable bonds is 5. The average Bonchev–Trinajstić information content (AvgIpc) is 2.92. The van der Waals surface area contributed by atoms with Gasteiger partial charge in [0.25, 0.3) is 5.91 Å². The van der Waals surface area contributed by atoms with Crippen molar-refractivity contribution in [2.24, 2.45) is 5.73 Å². The number of amides is 2. The van der Waals surface area contributed by atoms with Crippen molar-refractivity contribution in [2.45, 2.75) is 30.8 Å². The van der Waals surface area contributed by atoms with Gasteiger partial charge in [0.1, 0.15) is 23.2 Å². The fourth-order valence-electron chi connectivity index (χ4n) is 4.36. The normalized spacial score (nSPS) is 19.1. The van der Waals surface area contributed by atoms with Crippen molar-refractivity contribution in [1.29, 1.82) is 5.26 Å². The molecule has 0 aromatic heterocycles. The molecule has 0 spiro atoms. The van der Waals surface area contributed by atoms with Gasteiger partial charge in [-0.25, -0.2) is 4.79 Å². The van der Waals surface area contributed by atoms with Gasteiger partial charge in [-0.05, 0) is 34.4 Å². The Balaban J connectivity index is 0.000000207.